The molecule has 1 aliphatic heterocycles. The average Bonchev–Trinajstić information content (AvgIpc) is 3.25. The van der Waals surface area contributed by atoms with Crippen molar-refractivity contribution in [1.29, 1.82) is 0 Å². The summed E-state index contributed by atoms with van der Waals surface area (Å²) in [5, 5.41) is 13.6. The number of nitrogens with zero attached hydrogens (tertiary/aromatic N) is 4. The molecule has 0 unspecified atom stereocenters. The van der Waals surface area contributed by atoms with Crippen molar-refractivity contribution in [2.75, 3.05) is 19.6 Å². The van der Waals surface area contributed by atoms with Crippen LogP contribution in [0, 0.1) is 0 Å². The van der Waals surface area contributed by atoms with Gasteiger partial charge in [-0.05, 0) is 43.8 Å². The summed E-state index contributed by atoms with van der Waals surface area (Å²) in [6.45, 7) is 5.50. The molecule has 23 heavy (non-hydrogen) atoms. The van der Waals surface area contributed by atoms with Gasteiger partial charge in [-0.15, -0.1) is 16.4 Å². The predicted octanol–water partition coefficient (Wildman–Crippen LogP) is 1.99. The van der Waals surface area contributed by atoms with Crippen molar-refractivity contribution in [3.8, 4) is 0 Å². The molecule has 6 nitrogen and oxygen atoms in total. The zero-order chi connectivity index (χ0) is 16.1. The van der Waals surface area contributed by atoms with E-state index in [2.05, 4.69) is 28.6 Å². The Hall–Kier alpha value is -1.73. The predicted molar refractivity (Wildman–Crippen MR) is 90.7 cm³/mol. The number of amides is 1. The number of rotatable bonds is 6. The van der Waals surface area contributed by atoms with E-state index in [4.69, 9.17) is 0 Å². The number of carbonyl (C=O) groups is 1. The van der Waals surface area contributed by atoms with Crippen LogP contribution >= 0.6 is 11.3 Å². The van der Waals surface area contributed by atoms with Crippen molar-refractivity contribution in [3.63, 3.8) is 0 Å². The first-order valence-corrected chi connectivity index (χ1v) is 9.10. The van der Waals surface area contributed by atoms with Gasteiger partial charge in [-0.3, -0.25) is 4.79 Å². The standard InChI is InChI=1S/C16H23N5OS/c1-2-9-21(13-5-7-17-8-6-13)16(22)15-12-20(19-18-15)11-14-4-3-10-23-14/h3-4,10,12-13,17H,2,5-9,11H2,1H3. The Kier molecular flexibility index (Phi) is 5.40. The Morgan fingerprint density at radius 2 is 2.30 bits per heavy atom. The van der Waals surface area contributed by atoms with Crippen LogP contribution in [0.25, 0.3) is 0 Å². The van der Waals surface area contributed by atoms with Gasteiger partial charge in [-0.1, -0.05) is 18.2 Å². The maximum Gasteiger partial charge on any atom is 0.276 e. The second kappa shape index (κ2) is 7.70. The summed E-state index contributed by atoms with van der Waals surface area (Å²) in [4.78, 5) is 16.0. The molecule has 0 bridgehead atoms. The van der Waals surface area contributed by atoms with Crippen LogP contribution in [-0.2, 0) is 6.54 Å². The van der Waals surface area contributed by atoms with Crippen LogP contribution in [0.3, 0.4) is 0 Å². The fraction of sp³-hybridized carbons (Fsp3) is 0.562. The van der Waals surface area contributed by atoms with Gasteiger partial charge in [0.15, 0.2) is 5.69 Å². The van der Waals surface area contributed by atoms with E-state index < -0.39 is 0 Å². The van der Waals surface area contributed by atoms with Gasteiger partial charge in [0.2, 0.25) is 0 Å². The van der Waals surface area contributed by atoms with E-state index in [1.165, 1.54) is 4.88 Å². The number of nitrogens with one attached hydrogen (secondary N) is 1. The van der Waals surface area contributed by atoms with Crippen molar-refractivity contribution in [3.05, 3.63) is 34.3 Å². The third-order valence-electron chi connectivity index (χ3n) is 4.13. The molecule has 0 saturated carbocycles. The van der Waals surface area contributed by atoms with Crippen LogP contribution in [0.15, 0.2) is 23.7 Å². The Balaban J connectivity index is 1.70. The van der Waals surface area contributed by atoms with Gasteiger partial charge in [0, 0.05) is 17.5 Å². The van der Waals surface area contributed by atoms with Crippen molar-refractivity contribution >= 4 is 17.2 Å². The van der Waals surface area contributed by atoms with Gasteiger partial charge in [0.05, 0.1) is 12.7 Å². The molecule has 0 aromatic carbocycles. The van der Waals surface area contributed by atoms with Crippen LogP contribution in [0.5, 0.6) is 0 Å². The molecule has 1 N–H and O–H groups in total. The van der Waals surface area contributed by atoms with Crippen LogP contribution in [-0.4, -0.2) is 51.5 Å². The van der Waals surface area contributed by atoms with E-state index in [1.807, 2.05) is 16.3 Å². The summed E-state index contributed by atoms with van der Waals surface area (Å²) in [5.41, 5.74) is 0.452. The summed E-state index contributed by atoms with van der Waals surface area (Å²) >= 11 is 1.68. The maximum atomic E-state index is 12.8. The summed E-state index contributed by atoms with van der Waals surface area (Å²) in [6.07, 6.45) is 4.74. The topological polar surface area (TPSA) is 63.1 Å². The first kappa shape index (κ1) is 16.1. The molecule has 3 rings (SSSR count). The summed E-state index contributed by atoms with van der Waals surface area (Å²) < 4.78 is 1.74. The fourth-order valence-electron chi connectivity index (χ4n) is 2.99. The van der Waals surface area contributed by atoms with Crippen LogP contribution in [0.4, 0.5) is 0 Å². The average molecular weight is 333 g/mol. The van der Waals surface area contributed by atoms with Crippen LogP contribution in [0.2, 0.25) is 0 Å². The summed E-state index contributed by atoms with van der Waals surface area (Å²) in [5.74, 6) is 0.0104. The third-order valence-corrected chi connectivity index (χ3v) is 4.99. The minimum Gasteiger partial charge on any atom is -0.334 e. The van der Waals surface area contributed by atoms with Gasteiger partial charge in [0.1, 0.15) is 0 Å². The fourth-order valence-corrected chi connectivity index (χ4v) is 3.69. The molecule has 1 amide bonds. The zero-order valence-corrected chi connectivity index (χ0v) is 14.3. The monoisotopic (exact) mass is 333 g/mol. The normalized spacial score (nSPS) is 15.7. The molecule has 0 radical (unpaired) electrons. The quantitative estimate of drug-likeness (QED) is 0.878. The highest BCUT2D eigenvalue weighted by molar-refractivity contribution is 7.09. The molecule has 0 atom stereocenters. The lowest BCUT2D eigenvalue weighted by atomic mass is 10.0. The molecular formula is C16H23N5OS. The van der Waals surface area contributed by atoms with Gasteiger partial charge in [-0.25, -0.2) is 4.68 Å². The molecule has 0 aliphatic carbocycles. The SMILES string of the molecule is CCCN(C(=O)c1cn(Cc2cccs2)nn1)C1CCNCC1. The Morgan fingerprint density at radius 3 is 3.00 bits per heavy atom. The molecule has 3 heterocycles. The highest BCUT2D eigenvalue weighted by Gasteiger charge is 2.27. The van der Waals surface area contributed by atoms with E-state index >= 15 is 0 Å². The largest absolute Gasteiger partial charge is 0.334 e. The smallest absolute Gasteiger partial charge is 0.276 e. The summed E-state index contributed by atoms with van der Waals surface area (Å²) in [6, 6.07) is 4.39. The van der Waals surface area contributed by atoms with E-state index in [0.717, 1.165) is 38.9 Å². The lowest BCUT2D eigenvalue weighted by molar-refractivity contribution is 0.0636. The number of aromatic nitrogens is 3. The van der Waals surface area contributed by atoms with E-state index in [0.29, 0.717) is 18.3 Å². The number of thiophene rings is 1. The summed E-state index contributed by atoms with van der Waals surface area (Å²) in [7, 11) is 0. The van der Waals surface area contributed by atoms with Crippen molar-refractivity contribution < 1.29 is 4.79 Å². The van der Waals surface area contributed by atoms with Gasteiger partial charge in [-0.2, -0.15) is 0 Å². The van der Waals surface area contributed by atoms with Gasteiger partial charge >= 0.3 is 0 Å². The van der Waals surface area contributed by atoms with Gasteiger partial charge in [0.25, 0.3) is 5.91 Å². The second-order valence-corrected chi connectivity index (χ2v) is 6.89. The highest BCUT2D eigenvalue weighted by Crippen LogP contribution is 2.16. The lowest BCUT2D eigenvalue weighted by Crippen LogP contribution is -2.46. The number of hydrogen-bond acceptors (Lipinski definition) is 5. The molecule has 0 spiro atoms. The lowest BCUT2D eigenvalue weighted by Gasteiger charge is -2.34. The number of hydrogen-bond donors (Lipinski definition) is 1. The van der Waals surface area contributed by atoms with Crippen LogP contribution in [0.1, 0.15) is 41.6 Å². The minimum absolute atomic E-state index is 0.0104. The van der Waals surface area contributed by atoms with Gasteiger partial charge < -0.3 is 10.2 Å². The Labute approximate surface area is 140 Å². The molecular weight excluding hydrogens is 310 g/mol. The number of carbonyl (C=O) groups excluding carboxylic acids is 1. The first-order valence-electron chi connectivity index (χ1n) is 8.22. The van der Waals surface area contributed by atoms with E-state index in [-0.39, 0.29) is 5.91 Å². The minimum atomic E-state index is 0.0104. The van der Waals surface area contributed by atoms with Crippen molar-refractivity contribution in [2.45, 2.75) is 38.8 Å². The second-order valence-electron chi connectivity index (χ2n) is 5.86. The molecule has 124 valence electrons. The Morgan fingerprint density at radius 1 is 1.48 bits per heavy atom. The first-order chi connectivity index (χ1) is 11.3. The Bertz CT molecular complexity index is 618. The molecule has 1 saturated heterocycles. The van der Waals surface area contributed by atoms with E-state index in [1.54, 1.807) is 22.2 Å². The van der Waals surface area contributed by atoms with Crippen molar-refractivity contribution in [2.24, 2.45) is 0 Å². The molecule has 1 fully saturated rings. The maximum absolute atomic E-state index is 12.8. The third kappa shape index (κ3) is 3.97. The van der Waals surface area contributed by atoms with Crippen molar-refractivity contribution in [1.82, 2.24) is 25.2 Å². The molecule has 2 aromatic rings. The highest BCUT2D eigenvalue weighted by atomic mass is 32.1. The van der Waals surface area contributed by atoms with E-state index in [9.17, 15) is 4.79 Å². The number of piperidine rings is 1. The molecule has 2 aromatic heterocycles. The zero-order valence-electron chi connectivity index (χ0n) is 13.4. The molecule has 1 aliphatic rings. The van der Waals surface area contributed by atoms with Crippen LogP contribution < -0.4 is 5.32 Å². The molecule has 7 heteroatoms.